The van der Waals surface area contributed by atoms with Crippen molar-refractivity contribution in [3.05, 3.63) is 17.7 Å². The number of rotatable bonds is 5. The van der Waals surface area contributed by atoms with Crippen molar-refractivity contribution in [1.29, 1.82) is 0 Å². The molecule has 2 amide bonds. The number of hydrogen-bond donors (Lipinski definition) is 4. The van der Waals surface area contributed by atoms with Gasteiger partial charge in [0.2, 0.25) is 0 Å². The molecule has 0 heterocycles. The van der Waals surface area contributed by atoms with E-state index in [4.69, 9.17) is 37.6 Å². The number of carboxylic acid groups (broad SMARTS) is 2. The molecule has 22 heavy (non-hydrogen) atoms. The minimum atomic E-state index is -1.62. The Kier molecular flexibility index (Phi) is 5.75. The monoisotopic (exact) mass is 329 g/mol. The highest BCUT2D eigenvalue weighted by Gasteiger charge is 2.25. The highest BCUT2D eigenvalue weighted by atomic mass is 32.1. The molecular formula is C12H15N3O6S. The first-order valence-electron chi connectivity index (χ1n) is 5.85. The number of ether oxygens (including phenoxy) is 2. The molecule has 120 valence electrons. The summed E-state index contributed by atoms with van der Waals surface area (Å²) in [6.07, 6.45) is -3.24. The van der Waals surface area contributed by atoms with Crippen LogP contribution < -0.4 is 20.5 Å². The van der Waals surface area contributed by atoms with Gasteiger partial charge in [0.25, 0.3) is 0 Å². The zero-order chi connectivity index (χ0) is 16.9. The van der Waals surface area contributed by atoms with E-state index in [0.29, 0.717) is 5.69 Å². The van der Waals surface area contributed by atoms with Crippen LogP contribution in [0.2, 0.25) is 0 Å². The molecule has 0 unspecified atom stereocenters. The number of benzene rings is 1. The molecule has 0 aliphatic carbocycles. The molecule has 1 rings (SSSR count). The Bertz CT molecular complexity index is 593. The van der Waals surface area contributed by atoms with E-state index < -0.39 is 18.7 Å². The highest BCUT2D eigenvalue weighted by molar-refractivity contribution is 7.80. The lowest BCUT2D eigenvalue weighted by Crippen LogP contribution is -2.34. The second kappa shape index (κ2) is 7.31. The second-order valence-corrected chi connectivity index (χ2v) is 4.41. The topological polar surface area (TPSA) is 134 Å². The molecule has 0 aromatic heterocycles. The fraction of sp³-hybridized carbons (Fsp3) is 0.250. The number of nitrogens with two attached hydrogens (primary N) is 1. The van der Waals surface area contributed by atoms with Gasteiger partial charge < -0.3 is 30.7 Å². The van der Waals surface area contributed by atoms with Crippen molar-refractivity contribution in [1.82, 2.24) is 4.90 Å². The van der Waals surface area contributed by atoms with Gasteiger partial charge >= 0.3 is 12.2 Å². The third-order valence-electron chi connectivity index (χ3n) is 2.68. The van der Waals surface area contributed by atoms with Crippen molar-refractivity contribution in [2.24, 2.45) is 5.73 Å². The van der Waals surface area contributed by atoms with Gasteiger partial charge in [0.1, 0.15) is 5.75 Å². The van der Waals surface area contributed by atoms with Gasteiger partial charge in [-0.1, -0.05) is 0 Å². The van der Waals surface area contributed by atoms with Gasteiger partial charge in [-0.2, -0.15) is 0 Å². The molecule has 0 fully saturated rings. The maximum atomic E-state index is 11.0. The van der Waals surface area contributed by atoms with Crippen molar-refractivity contribution < 1.29 is 29.3 Å². The number of imide groups is 1. The predicted octanol–water partition coefficient (Wildman–Crippen LogP) is 1.52. The van der Waals surface area contributed by atoms with Gasteiger partial charge in [-0.25, -0.2) is 14.5 Å². The molecule has 0 spiro atoms. The summed E-state index contributed by atoms with van der Waals surface area (Å²) < 4.78 is 10.3. The van der Waals surface area contributed by atoms with E-state index >= 15 is 0 Å². The molecule has 1 aromatic rings. The Morgan fingerprint density at radius 1 is 1.27 bits per heavy atom. The van der Waals surface area contributed by atoms with Gasteiger partial charge in [0, 0.05) is 0 Å². The Morgan fingerprint density at radius 2 is 1.86 bits per heavy atom. The number of thiocarbonyl (C=S) groups is 1. The molecule has 0 radical (unpaired) electrons. The summed E-state index contributed by atoms with van der Waals surface area (Å²) in [5, 5.41) is 20.5. The quantitative estimate of drug-likeness (QED) is 0.593. The maximum Gasteiger partial charge on any atom is 0.417 e. The number of anilines is 1. The number of hydrogen-bond acceptors (Lipinski definition) is 5. The molecule has 0 aliphatic heterocycles. The SMILES string of the molecule is COc1ccc(NC(N)=S)c(OC)c1CN(C(=O)O)C(=O)O. The van der Waals surface area contributed by atoms with E-state index in [0.717, 1.165) is 0 Å². The van der Waals surface area contributed by atoms with E-state index in [9.17, 15) is 9.59 Å². The fourth-order valence-electron chi connectivity index (χ4n) is 1.79. The third-order valence-corrected chi connectivity index (χ3v) is 2.78. The molecule has 5 N–H and O–H groups in total. The van der Waals surface area contributed by atoms with Crippen LogP contribution in [0, 0.1) is 0 Å². The normalized spacial score (nSPS) is 9.73. The van der Waals surface area contributed by atoms with Gasteiger partial charge in [0.15, 0.2) is 10.9 Å². The predicted molar refractivity (Wildman–Crippen MR) is 81.5 cm³/mol. The largest absolute Gasteiger partial charge is 0.496 e. The zero-order valence-corrected chi connectivity index (χ0v) is 12.6. The Balaban J connectivity index is 3.38. The van der Waals surface area contributed by atoms with Crippen LogP contribution in [0.3, 0.4) is 0 Å². The molecule has 10 heteroatoms. The van der Waals surface area contributed by atoms with Crippen LogP contribution in [0.5, 0.6) is 11.5 Å². The molecule has 0 atom stereocenters. The van der Waals surface area contributed by atoms with Crippen molar-refractivity contribution in [3.63, 3.8) is 0 Å². The first-order chi connectivity index (χ1) is 10.3. The third kappa shape index (κ3) is 3.88. The molecule has 0 saturated heterocycles. The first kappa shape index (κ1) is 17.3. The van der Waals surface area contributed by atoms with Gasteiger partial charge in [-0.3, -0.25) is 0 Å². The zero-order valence-electron chi connectivity index (χ0n) is 11.8. The van der Waals surface area contributed by atoms with Crippen LogP contribution in [0.4, 0.5) is 15.3 Å². The van der Waals surface area contributed by atoms with E-state index in [2.05, 4.69) is 5.32 Å². The van der Waals surface area contributed by atoms with E-state index in [-0.39, 0.29) is 27.1 Å². The highest BCUT2D eigenvalue weighted by Crippen LogP contribution is 2.36. The number of nitrogens with zero attached hydrogens (tertiary/aromatic N) is 1. The van der Waals surface area contributed by atoms with Crippen molar-refractivity contribution in [2.45, 2.75) is 6.54 Å². The summed E-state index contributed by atoms with van der Waals surface area (Å²) in [6.45, 7) is -0.482. The number of nitrogens with one attached hydrogen (secondary N) is 1. The lowest BCUT2D eigenvalue weighted by molar-refractivity contribution is 0.120. The van der Waals surface area contributed by atoms with Crippen LogP contribution in [0.25, 0.3) is 0 Å². The smallest absolute Gasteiger partial charge is 0.417 e. The van der Waals surface area contributed by atoms with Gasteiger partial charge in [-0.15, -0.1) is 0 Å². The second-order valence-electron chi connectivity index (χ2n) is 3.97. The van der Waals surface area contributed by atoms with Gasteiger partial charge in [0.05, 0.1) is 32.0 Å². The molecule has 1 aromatic carbocycles. The molecule has 0 saturated carbocycles. The van der Waals surface area contributed by atoms with E-state index in [1.807, 2.05) is 0 Å². The van der Waals surface area contributed by atoms with Crippen molar-refractivity contribution >= 4 is 35.2 Å². The molecule has 0 aliphatic rings. The molecular weight excluding hydrogens is 314 g/mol. The fourth-order valence-corrected chi connectivity index (χ4v) is 1.90. The minimum absolute atomic E-state index is 0.0252. The summed E-state index contributed by atoms with van der Waals surface area (Å²) in [7, 11) is 2.71. The van der Waals surface area contributed by atoms with Crippen molar-refractivity contribution in [3.8, 4) is 11.5 Å². The number of methoxy groups -OCH3 is 2. The lowest BCUT2D eigenvalue weighted by atomic mass is 10.1. The number of carbonyl (C=O) groups is 2. The van der Waals surface area contributed by atoms with E-state index in [1.54, 1.807) is 6.07 Å². The molecule has 0 bridgehead atoms. The summed E-state index contributed by atoms with van der Waals surface area (Å²) in [5.41, 5.74) is 5.98. The summed E-state index contributed by atoms with van der Waals surface area (Å²) in [5.74, 6) is 0.442. The average Bonchev–Trinajstić information content (AvgIpc) is 2.43. The minimum Gasteiger partial charge on any atom is -0.496 e. The van der Waals surface area contributed by atoms with E-state index in [1.165, 1.54) is 20.3 Å². The van der Waals surface area contributed by atoms with Crippen LogP contribution in [0.15, 0.2) is 12.1 Å². The Hall–Kier alpha value is -2.75. The van der Waals surface area contributed by atoms with Gasteiger partial charge in [-0.05, 0) is 24.4 Å². The maximum absolute atomic E-state index is 11.0. The van der Waals surface area contributed by atoms with Crippen LogP contribution in [-0.2, 0) is 6.54 Å². The standard InChI is InChI=1S/C12H15N3O6S/c1-20-8-4-3-7(14-10(13)22)9(21-2)6(8)5-15(11(16)17)12(18)19/h3-4H,5H2,1-2H3,(H,16,17)(H,18,19)(H3,13,14,22). The van der Waals surface area contributed by atoms with Crippen LogP contribution in [0.1, 0.15) is 5.56 Å². The van der Waals surface area contributed by atoms with Crippen LogP contribution >= 0.6 is 12.2 Å². The summed E-state index contributed by atoms with van der Waals surface area (Å²) in [6, 6.07) is 3.08. The first-order valence-corrected chi connectivity index (χ1v) is 6.26. The Labute approximate surface area is 131 Å². The summed E-state index contributed by atoms with van der Waals surface area (Å²) >= 11 is 4.74. The average molecular weight is 329 g/mol. The lowest BCUT2D eigenvalue weighted by Gasteiger charge is -2.20. The summed E-state index contributed by atoms with van der Waals surface area (Å²) in [4.78, 5) is 22.2. The van der Waals surface area contributed by atoms with Crippen molar-refractivity contribution in [2.75, 3.05) is 19.5 Å². The number of amides is 2. The molecule has 9 nitrogen and oxygen atoms in total. The van der Waals surface area contributed by atoms with Crippen LogP contribution in [-0.4, -0.2) is 46.6 Å². The Morgan fingerprint density at radius 3 is 2.27 bits per heavy atom.